The highest BCUT2D eigenvalue weighted by atomic mass is 16.4. The molecule has 68 valence electrons. The van der Waals surface area contributed by atoms with Crippen LogP contribution in [0, 0.1) is 5.92 Å². The van der Waals surface area contributed by atoms with Crippen molar-refractivity contribution in [1.82, 2.24) is 0 Å². The van der Waals surface area contributed by atoms with Gasteiger partial charge in [0.2, 0.25) is 5.78 Å². The Morgan fingerprint density at radius 3 is 3.08 bits per heavy atom. The summed E-state index contributed by atoms with van der Waals surface area (Å²) in [6.07, 6.45) is 5.50. The fourth-order valence-corrected chi connectivity index (χ4v) is 1.78. The Kier molecular flexibility index (Phi) is 1.79. The first-order valence-corrected chi connectivity index (χ1v) is 4.39. The lowest BCUT2D eigenvalue weighted by molar-refractivity contribution is -0.109. The Balaban J connectivity index is 2.42. The van der Waals surface area contributed by atoms with Crippen LogP contribution in [0.4, 0.5) is 0 Å². The third-order valence-corrected chi connectivity index (χ3v) is 2.52. The van der Waals surface area contributed by atoms with Crippen LogP contribution < -0.4 is 0 Å². The van der Waals surface area contributed by atoms with Gasteiger partial charge in [-0.05, 0) is 17.9 Å². The molecule has 1 fully saturated rings. The van der Waals surface area contributed by atoms with Gasteiger partial charge in [0.1, 0.15) is 5.71 Å². The second kappa shape index (κ2) is 2.83. The van der Waals surface area contributed by atoms with E-state index in [4.69, 9.17) is 5.21 Å². The molecule has 0 spiro atoms. The lowest BCUT2D eigenvalue weighted by Crippen LogP contribution is -2.07. The first kappa shape index (κ1) is 8.23. The molecule has 0 bridgehead atoms. The van der Waals surface area contributed by atoms with E-state index < -0.39 is 0 Å². The molecule has 0 aliphatic heterocycles. The third kappa shape index (κ3) is 1.20. The van der Waals surface area contributed by atoms with Gasteiger partial charge in [-0.3, -0.25) is 4.79 Å². The van der Waals surface area contributed by atoms with Crippen LogP contribution in [0.15, 0.2) is 28.5 Å². The van der Waals surface area contributed by atoms with Crippen LogP contribution >= 0.6 is 0 Å². The molecule has 0 heterocycles. The Hall–Kier alpha value is -1.38. The summed E-state index contributed by atoms with van der Waals surface area (Å²) < 4.78 is 0. The average Bonchev–Trinajstić information content (AvgIpc) is 2.44. The number of hydrogen-bond acceptors (Lipinski definition) is 3. The summed E-state index contributed by atoms with van der Waals surface area (Å²) in [7, 11) is 0. The van der Waals surface area contributed by atoms with Crippen LogP contribution in [0.5, 0.6) is 0 Å². The molecule has 2 aliphatic rings. The zero-order chi connectivity index (χ0) is 9.42. The van der Waals surface area contributed by atoms with E-state index in [0.717, 1.165) is 17.6 Å². The molecule has 0 saturated heterocycles. The molecule has 13 heavy (non-hydrogen) atoms. The van der Waals surface area contributed by atoms with Crippen LogP contribution in [0.2, 0.25) is 0 Å². The minimum atomic E-state index is -0.111. The molecule has 0 aromatic heterocycles. The van der Waals surface area contributed by atoms with Crippen LogP contribution in [0.25, 0.3) is 0 Å². The lowest BCUT2D eigenvalue weighted by Gasteiger charge is -2.11. The van der Waals surface area contributed by atoms with Crippen LogP contribution in [-0.2, 0) is 4.79 Å². The molecule has 3 heteroatoms. The van der Waals surface area contributed by atoms with E-state index in [2.05, 4.69) is 18.2 Å². The van der Waals surface area contributed by atoms with Gasteiger partial charge >= 0.3 is 0 Å². The van der Waals surface area contributed by atoms with Crippen molar-refractivity contribution in [3.63, 3.8) is 0 Å². The number of carbonyl (C=O) groups excluding carboxylic acids is 1. The number of Topliss-reactive ketones (excluding diaryl/α,β-unsaturated/α-hetero) is 1. The molecule has 2 rings (SSSR count). The van der Waals surface area contributed by atoms with Gasteiger partial charge in [-0.2, -0.15) is 0 Å². The molecular weight excluding hydrogens is 166 g/mol. The van der Waals surface area contributed by atoms with E-state index in [0.29, 0.717) is 12.3 Å². The highest BCUT2D eigenvalue weighted by Crippen LogP contribution is 2.31. The van der Waals surface area contributed by atoms with Gasteiger partial charge in [0.25, 0.3) is 0 Å². The van der Waals surface area contributed by atoms with Crippen molar-refractivity contribution >= 4 is 11.5 Å². The number of hydrogen-bond donors (Lipinski definition) is 1. The maximum Gasteiger partial charge on any atom is 0.210 e. The Labute approximate surface area is 76.4 Å². The summed E-state index contributed by atoms with van der Waals surface area (Å²) >= 11 is 0. The van der Waals surface area contributed by atoms with Gasteiger partial charge in [0.05, 0.1) is 0 Å². The summed E-state index contributed by atoms with van der Waals surface area (Å²) in [5.74, 6) is 0.307. The molecule has 0 amide bonds. The SMILES string of the molecule is CC1C=C2C(=O)/C(=N/O)CC2=CC1. The van der Waals surface area contributed by atoms with Gasteiger partial charge in [0, 0.05) is 12.0 Å². The third-order valence-electron chi connectivity index (χ3n) is 2.52. The van der Waals surface area contributed by atoms with Crippen LogP contribution in [0.1, 0.15) is 19.8 Å². The number of allylic oxidation sites excluding steroid dienone is 4. The topological polar surface area (TPSA) is 49.7 Å². The maximum atomic E-state index is 11.5. The van der Waals surface area contributed by atoms with Crippen molar-refractivity contribution in [2.24, 2.45) is 11.1 Å². The summed E-state index contributed by atoms with van der Waals surface area (Å²) in [5.41, 5.74) is 2.04. The van der Waals surface area contributed by atoms with Crippen molar-refractivity contribution in [3.05, 3.63) is 23.3 Å². The van der Waals surface area contributed by atoms with E-state index >= 15 is 0 Å². The monoisotopic (exact) mass is 177 g/mol. The molecule has 3 nitrogen and oxygen atoms in total. The molecule has 1 unspecified atom stereocenters. The van der Waals surface area contributed by atoms with E-state index in [1.807, 2.05) is 6.08 Å². The zero-order valence-electron chi connectivity index (χ0n) is 7.45. The molecule has 2 aliphatic carbocycles. The van der Waals surface area contributed by atoms with Crippen molar-refractivity contribution < 1.29 is 10.0 Å². The highest BCUT2D eigenvalue weighted by molar-refractivity contribution is 6.50. The van der Waals surface area contributed by atoms with Gasteiger partial charge in [-0.25, -0.2) is 0 Å². The molecule has 1 atom stereocenters. The second-order valence-corrected chi connectivity index (χ2v) is 3.58. The van der Waals surface area contributed by atoms with Crippen molar-refractivity contribution in [1.29, 1.82) is 0 Å². The molecular formula is C10H11NO2. The van der Waals surface area contributed by atoms with Gasteiger partial charge in [0.15, 0.2) is 0 Å². The largest absolute Gasteiger partial charge is 0.411 e. The minimum Gasteiger partial charge on any atom is -0.411 e. The second-order valence-electron chi connectivity index (χ2n) is 3.58. The van der Waals surface area contributed by atoms with Gasteiger partial charge in [-0.15, -0.1) is 0 Å². The highest BCUT2D eigenvalue weighted by Gasteiger charge is 2.31. The summed E-state index contributed by atoms with van der Waals surface area (Å²) in [6, 6.07) is 0. The predicted molar refractivity (Wildman–Crippen MR) is 48.8 cm³/mol. The molecule has 1 N–H and O–H groups in total. The number of nitrogens with zero attached hydrogens (tertiary/aromatic N) is 1. The summed E-state index contributed by atoms with van der Waals surface area (Å²) in [6.45, 7) is 2.07. The molecule has 0 aromatic carbocycles. The lowest BCUT2D eigenvalue weighted by atomic mass is 9.93. The van der Waals surface area contributed by atoms with E-state index in [1.54, 1.807) is 0 Å². The van der Waals surface area contributed by atoms with Crippen molar-refractivity contribution in [2.45, 2.75) is 19.8 Å². The fourth-order valence-electron chi connectivity index (χ4n) is 1.78. The van der Waals surface area contributed by atoms with Gasteiger partial charge < -0.3 is 5.21 Å². The van der Waals surface area contributed by atoms with Crippen LogP contribution in [0.3, 0.4) is 0 Å². The quantitative estimate of drug-likeness (QED) is 0.452. The molecule has 0 radical (unpaired) electrons. The standard InChI is InChI=1S/C10H11NO2/c1-6-2-3-7-5-9(11-13)10(12)8(7)4-6/h3-4,6,13H,2,5H2,1H3/b11-9+. The molecule has 0 aromatic rings. The van der Waals surface area contributed by atoms with Gasteiger partial charge in [-0.1, -0.05) is 24.2 Å². The predicted octanol–water partition coefficient (Wildman–Crippen LogP) is 1.68. The fraction of sp³-hybridized carbons (Fsp3) is 0.400. The number of fused-ring (bicyclic) bond motifs is 1. The zero-order valence-corrected chi connectivity index (χ0v) is 7.45. The smallest absolute Gasteiger partial charge is 0.210 e. The number of rotatable bonds is 0. The Morgan fingerprint density at radius 2 is 2.38 bits per heavy atom. The van der Waals surface area contributed by atoms with E-state index in [9.17, 15) is 4.79 Å². The number of carbonyl (C=O) groups is 1. The summed E-state index contributed by atoms with van der Waals surface area (Å²) in [5, 5.41) is 11.6. The summed E-state index contributed by atoms with van der Waals surface area (Å²) in [4.78, 5) is 11.5. The Bertz CT molecular complexity index is 346. The Morgan fingerprint density at radius 1 is 1.62 bits per heavy atom. The number of ketones is 1. The van der Waals surface area contributed by atoms with Crippen LogP contribution in [-0.4, -0.2) is 16.7 Å². The first-order chi connectivity index (χ1) is 6.22. The van der Waals surface area contributed by atoms with E-state index in [1.165, 1.54) is 0 Å². The number of oxime groups is 1. The minimum absolute atomic E-state index is 0.111. The maximum absolute atomic E-state index is 11.5. The van der Waals surface area contributed by atoms with E-state index in [-0.39, 0.29) is 11.5 Å². The van der Waals surface area contributed by atoms with Crippen molar-refractivity contribution in [3.8, 4) is 0 Å². The van der Waals surface area contributed by atoms with Crippen molar-refractivity contribution in [2.75, 3.05) is 0 Å². The normalized spacial score (nSPS) is 30.1. The first-order valence-electron chi connectivity index (χ1n) is 4.39. The average molecular weight is 177 g/mol. The molecule has 1 saturated carbocycles.